The van der Waals surface area contributed by atoms with Crippen LogP contribution in [0.5, 0.6) is 5.75 Å². The van der Waals surface area contributed by atoms with Gasteiger partial charge in [0.05, 0.1) is 13.2 Å². The smallest absolute Gasteiger partial charge is 0.315 e. The van der Waals surface area contributed by atoms with E-state index in [0.29, 0.717) is 6.54 Å². The van der Waals surface area contributed by atoms with Crippen LogP contribution in [-0.4, -0.2) is 18.9 Å². The van der Waals surface area contributed by atoms with E-state index in [-0.39, 0.29) is 12.1 Å². The van der Waals surface area contributed by atoms with Gasteiger partial charge in [-0.15, -0.1) is 11.8 Å². The maximum atomic E-state index is 12.2. The highest BCUT2D eigenvalue weighted by atomic mass is 32.2. The molecule has 0 spiro atoms. The van der Waals surface area contributed by atoms with Gasteiger partial charge < -0.3 is 15.4 Å². The van der Waals surface area contributed by atoms with Crippen LogP contribution in [0.1, 0.15) is 23.6 Å². The van der Waals surface area contributed by atoms with Crippen molar-refractivity contribution in [1.82, 2.24) is 10.6 Å². The van der Waals surface area contributed by atoms with Crippen LogP contribution >= 0.6 is 11.8 Å². The van der Waals surface area contributed by atoms with Crippen LogP contribution in [0.25, 0.3) is 0 Å². The van der Waals surface area contributed by atoms with E-state index < -0.39 is 0 Å². The van der Waals surface area contributed by atoms with Crippen LogP contribution in [0, 0.1) is 0 Å². The van der Waals surface area contributed by atoms with E-state index in [4.69, 9.17) is 4.74 Å². The summed E-state index contributed by atoms with van der Waals surface area (Å²) >= 11 is 1.85. The van der Waals surface area contributed by atoms with Crippen molar-refractivity contribution in [2.24, 2.45) is 0 Å². The minimum Gasteiger partial charge on any atom is -0.497 e. The molecule has 0 bridgehead atoms. The topological polar surface area (TPSA) is 50.4 Å². The number of ether oxygens (including phenoxy) is 1. The van der Waals surface area contributed by atoms with Gasteiger partial charge in [0.15, 0.2) is 0 Å². The molecule has 0 saturated heterocycles. The van der Waals surface area contributed by atoms with Crippen LogP contribution in [0.4, 0.5) is 4.79 Å². The Morgan fingerprint density at radius 2 is 2.13 bits per heavy atom. The van der Waals surface area contributed by atoms with Crippen molar-refractivity contribution in [3.05, 3.63) is 59.7 Å². The van der Waals surface area contributed by atoms with Crippen molar-refractivity contribution in [2.45, 2.75) is 23.9 Å². The van der Waals surface area contributed by atoms with Crippen LogP contribution in [-0.2, 0) is 6.54 Å². The van der Waals surface area contributed by atoms with E-state index in [2.05, 4.69) is 22.8 Å². The van der Waals surface area contributed by atoms with Crippen LogP contribution in [0.3, 0.4) is 0 Å². The molecule has 2 N–H and O–H groups in total. The predicted molar refractivity (Wildman–Crippen MR) is 92.9 cm³/mol. The second-order valence-corrected chi connectivity index (χ2v) is 6.54. The second kappa shape index (κ2) is 7.42. The zero-order valence-corrected chi connectivity index (χ0v) is 13.9. The monoisotopic (exact) mass is 328 g/mol. The van der Waals surface area contributed by atoms with Crippen molar-refractivity contribution in [1.29, 1.82) is 0 Å². The Balaban J connectivity index is 1.58. The lowest BCUT2D eigenvalue weighted by atomic mass is 10.0. The number of amides is 2. The highest BCUT2D eigenvalue weighted by Gasteiger charge is 2.21. The molecule has 2 aromatic carbocycles. The third-order valence-corrected chi connectivity index (χ3v) is 4.97. The maximum absolute atomic E-state index is 12.2. The van der Waals surface area contributed by atoms with Crippen LogP contribution in [0.15, 0.2) is 53.4 Å². The van der Waals surface area contributed by atoms with Gasteiger partial charge in [0.25, 0.3) is 0 Å². The zero-order valence-electron chi connectivity index (χ0n) is 13.0. The first kappa shape index (κ1) is 15.7. The van der Waals surface area contributed by atoms with E-state index >= 15 is 0 Å². The number of hydrogen-bond acceptors (Lipinski definition) is 3. The highest BCUT2D eigenvalue weighted by Crippen LogP contribution is 2.35. The summed E-state index contributed by atoms with van der Waals surface area (Å²) in [6.45, 7) is 0.478. The largest absolute Gasteiger partial charge is 0.497 e. The quantitative estimate of drug-likeness (QED) is 0.899. The fourth-order valence-corrected chi connectivity index (χ4v) is 3.79. The molecule has 2 aromatic rings. The zero-order chi connectivity index (χ0) is 16.1. The number of carbonyl (C=O) groups is 1. The molecule has 0 aromatic heterocycles. The lowest BCUT2D eigenvalue weighted by Crippen LogP contribution is -2.38. The van der Waals surface area contributed by atoms with Gasteiger partial charge in [0, 0.05) is 17.2 Å². The minimum atomic E-state index is -0.139. The van der Waals surface area contributed by atoms with E-state index in [1.54, 1.807) is 7.11 Å². The SMILES string of the molecule is COc1cccc(CNC(=O)N[C@H]2CCSc3ccccc32)c1. The van der Waals surface area contributed by atoms with Crippen molar-refractivity contribution in [3.8, 4) is 5.75 Å². The Hall–Kier alpha value is -2.14. The average Bonchev–Trinajstić information content (AvgIpc) is 2.60. The number of thioether (sulfide) groups is 1. The molecule has 3 rings (SSSR count). The van der Waals surface area contributed by atoms with Gasteiger partial charge in [-0.2, -0.15) is 0 Å². The number of hydrogen-bond donors (Lipinski definition) is 2. The van der Waals surface area contributed by atoms with Gasteiger partial charge in [-0.1, -0.05) is 30.3 Å². The van der Waals surface area contributed by atoms with Gasteiger partial charge >= 0.3 is 6.03 Å². The molecule has 4 nitrogen and oxygen atoms in total. The third-order valence-electron chi connectivity index (χ3n) is 3.85. The molecular formula is C18H20N2O2S. The fourth-order valence-electron chi connectivity index (χ4n) is 2.67. The Morgan fingerprint density at radius 3 is 3.00 bits per heavy atom. The number of urea groups is 1. The molecule has 1 aliphatic rings. The van der Waals surface area contributed by atoms with Crippen molar-refractivity contribution in [3.63, 3.8) is 0 Å². The highest BCUT2D eigenvalue weighted by molar-refractivity contribution is 7.99. The summed E-state index contributed by atoms with van der Waals surface area (Å²) in [7, 11) is 1.64. The molecule has 23 heavy (non-hydrogen) atoms. The maximum Gasteiger partial charge on any atom is 0.315 e. The van der Waals surface area contributed by atoms with Crippen LogP contribution < -0.4 is 15.4 Å². The minimum absolute atomic E-state index is 0.0813. The van der Waals surface area contributed by atoms with Crippen molar-refractivity contribution < 1.29 is 9.53 Å². The molecule has 0 aliphatic carbocycles. The van der Waals surface area contributed by atoms with E-state index in [1.165, 1.54) is 10.5 Å². The Labute approximate surface area is 140 Å². The second-order valence-electron chi connectivity index (χ2n) is 5.41. The molecule has 5 heteroatoms. The molecule has 2 amide bonds. The number of fused-ring (bicyclic) bond motifs is 1. The first-order valence-electron chi connectivity index (χ1n) is 7.65. The third kappa shape index (κ3) is 3.99. The summed E-state index contributed by atoms with van der Waals surface area (Å²) in [5.74, 6) is 1.82. The molecule has 0 saturated carbocycles. The standard InChI is InChI=1S/C18H20N2O2S/c1-22-14-6-4-5-13(11-14)12-19-18(21)20-16-9-10-23-17-8-3-2-7-15(16)17/h2-8,11,16H,9-10,12H2,1H3,(H2,19,20,21)/t16-/m0/s1. The summed E-state index contributed by atoms with van der Waals surface area (Å²) in [6.07, 6.45) is 0.953. The molecule has 120 valence electrons. The van der Waals surface area contributed by atoms with Gasteiger partial charge in [0.1, 0.15) is 5.75 Å². The van der Waals surface area contributed by atoms with E-state index in [1.807, 2.05) is 48.2 Å². The Kier molecular flexibility index (Phi) is 5.08. The van der Waals surface area contributed by atoms with E-state index in [0.717, 1.165) is 23.5 Å². The molecule has 0 radical (unpaired) electrons. The van der Waals surface area contributed by atoms with Crippen molar-refractivity contribution >= 4 is 17.8 Å². The summed E-state index contributed by atoms with van der Waals surface area (Å²) in [5, 5.41) is 6.00. The number of nitrogens with one attached hydrogen (secondary N) is 2. The molecular weight excluding hydrogens is 308 g/mol. The van der Waals surface area contributed by atoms with Gasteiger partial charge in [-0.3, -0.25) is 0 Å². The number of rotatable bonds is 4. The molecule has 1 atom stereocenters. The lowest BCUT2D eigenvalue weighted by Gasteiger charge is -2.26. The fraction of sp³-hybridized carbons (Fsp3) is 0.278. The molecule has 1 aliphatic heterocycles. The summed E-state index contributed by atoms with van der Waals surface area (Å²) in [4.78, 5) is 13.4. The van der Waals surface area contributed by atoms with Gasteiger partial charge in [-0.25, -0.2) is 4.79 Å². The summed E-state index contributed by atoms with van der Waals surface area (Å²) in [5.41, 5.74) is 2.22. The number of benzene rings is 2. The summed E-state index contributed by atoms with van der Waals surface area (Å²) in [6, 6.07) is 15.9. The molecule has 0 fully saturated rings. The normalized spacial score (nSPS) is 16.3. The average molecular weight is 328 g/mol. The summed E-state index contributed by atoms with van der Waals surface area (Å²) < 4.78 is 5.19. The Morgan fingerprint density at radius 1 is 1.26 bits per heavy atom. The van der Waals surface area contributed by atoms with E-state index in [9.17, 15) is 4.79 Å². The van der Waals surface area contributed by atoms with Gasteiger partial charge in [-0.05, 0) is 35.7 Å². The molecule has 1 heterocycles. The first-order valence-corrected chi connectivity index (χ1v) is 8.64. The van der Waals surface area contributed by atoms with Crippen LogP contribution in [0.2, 0.25) is 0 Å². The first-order chi connectivity index (χ1) is 11.3. The number of methoxy groups -OCH3 is 1. The lowest BCUT2D eigenvalue weighted by molar-refractivity contribution is 0.236. The Bertz CT molecular complexity index is 690. The number of carbonyl (C=O) groups excluding carboxylic acids is 1. The molecule has 0 unspecified atom stereocenters. The predicted octanol–water partition coefficient (Wildman–Crippen LogP) is 3.73. The van der Waals surface area contributed by atoms with Gasteiger partial charge in [0.2, 0.25) is 0 Å². The van der Waals surface area contributed by atoms with Crippen molar-refractivity contribution in [2.75, 3.05) is 12.9 Å².